The van der Waals surface area contributed by atoms with Crippen molar-refractivity contribution >= 4 is 5.78 Å². The second-order valence-corrected chi connectivity index (χ2v) is 4.30. The summed E-state index contributed by atoms with van der Waals surface area (Å²) in [6.45, 7) is 6.46. The van der Waals surface area contributed by atoms with E-state index in [9.17, 15) is 4.79 Å². The number of hydrogen-bond donors (Lipinski definition) is 0. The average molecular weight is 180 g/mol. The molecule has 0 N–H and O–H groups in total. The molecule has 0 aliphatic heterocycles. The van der Waals surface area contributed by atoms with Gasteiger partial charge in [-0.05, 0) is 37.7 Å². The Labute approximate surface area is 81.2 Å². The zero-order chi connectivity index (χ0) is 9.84. The molecular formula is C12H20O. The van der Waals surface area contributed by atoms with Gasteiger partial charge < -0.3 is 0 Å². The molecule has 1 heteroatoms. The lowest BCUT2D eigenvalue weighted by atomic mass is 9.83. The van der Waals surface area contributed by atoms with Crippen LogP contribution in [0, 0.1) is 5.92 Å². The third-order valence-corrected chi connectivity index (χ3v) is 2.82. The molecule has 0 aromatic rings. The number of hydrogen-bond acceptors (Lipinski definition) is 1. The van der Waals surface area contributed by atoms with E-state index >= 15 is 0 Å². The smallest absolute Gasteiger partial charge is 0.159 e. The van der Waals surface area contributed by atoms with E-state index in [2.05, 4.69) is 20.8 Å². The maximum atomic E-state index is 11.7. The number of carbonyl (C=O) groups is 1. The first-order chi connectivity index (χ1) is 6.15. The molecular weight excluding hydrogens is 160 g/mol. The summed E-state index contributed by atoms with van der Waals surface area (Å²) in [5.41, 5.74) is 2.48. The van der Waals surface area contributed by atoms with Gasteiger partial charge in [0.1, 0.15) is 0 Å². The van der Waals surface area contributed by atoms with Crippen LogP contribution in [0.1, 0.15) is 52.9 Å². The summed E-state index contributed by atoms with van der Waals surface area (Å²) >= 11 is 0. The van der Waals surface area contributed by atoms with Crippen LogP contribution < -0.4 is 0 Å². The molecule has 0 fully saturated rings. The Balaban J connectivity index is 2.67. The quantitative estimate of drug-likeness (QED) is 0.649. The summed E-state index contributed by atoms with van der Waals surface area (Å²) in [7, 11) is 0. The Morgan fingerprint density at radius 2 is 2.08 bits per heavy atom. The van der Waals surface area contributed by atoms with Gasteiger partial charge in [-0.2, -0.15) is 0 Å². The van der Waals surface area contributed by atoms with Gasteiger partial charge in [0.25, 0.3) is 0 Å². The van der Waals surface area contributed by atoms with Crippen molar-refractivity contribution < 1.29 is 4.79 Å². The topological polar surface area (TPSA) is 17.1 Å². The molecule has 0 heterocycles. The van der Waals surface area contributed by atoms with Crippen LogP contribution in [-0.4, -0.2) is 5.78 Å². The minimum absolute atomic E-state index is 0.407. The van der Waals surface area contributed by atoms with Crippen LogP contribution in [0.2, 0.25) is 0 Å². The SMILES string of the molecule is CCCCC1=C(C)CC(C)CC1=O. The van der Waals surface area contributed by atoms with E-state index in [0.29, 0.717) is 11.7 Å². The van der Waals surface area contributed by atoms with Crippen molar-refractivity contribution in [3.8, 4) is 0 Å². The summed E-state index contributed by atoms with van der Waals surface area (Å²) in [5, 5.41) is 0. The number of Topliss-reactive ketones (excluding diaryl/α,β-unsaturated/α-hetero) is 1. The fourth-order valence-electron chi connectivity index (χ4n) is 2.10. The summed E-state index contributed by atoms with van der Waals surface area (Å²) < 4.78 is 0. The molecule has 1 rings (SSSR count). The zero-order valence-corrected chi connectivity index (χ0v) is 9.02. The van der Waals surface area contributed by atoms with Crippen molar-refractivity contribution in [2.75, 3.05) is 0 Å². The van der Waals surface area contributed by atoms with Crippen molar-refractivity contribution in [2.24, 2.45) is 5.92 Å². The number of rotatable bonds is 3. The van der Waals surface area contributed by atoms with Gasteiger partial charge in [0.05, 0.1) is 0 Å². The van der Waals surface area contributed by atoms with Gasteiger partial charge in [-0.15, -0.1) is 0 Å². The highest BCUT2D eigenvalue weighted by Crippen LogP contribution is 2.28. The molecule has 1 atom stereocenters. The molecule has 0 radical (unpaired) electrons. The minimum atomic E-state index is 0.407. The zero-order valence-electron chi connectivity index (χ0n) is 9.02. The maximum Gasteiger partial charge on any atom is 0.159 e. The van der Waals surface area contributed by atoms with Gasteiger partial charge in [-0.1, -0.05) is 25.8 Å². The van der Waals surface area contributed by atoms with Gasteiger partial charge in [-0.25, -0.2) is 0 Å². The normalized spacial score (nSPS) is 23.9. The number of unbranched alkanes of at least 4 members (excludes halogenated alkanes) is 1. The second kappa shape index (κ2) is 4.59. The molecule has 1 unspecified atom stereocenters. The van der Waals surface area contributed by atoms with Crippen LogP contribution in [0.25, 0.3) is 0 Å². The van der Waals surface area contributed by atoms with E-state index in [1.807, 2.05) is 0 Å². The van der Waals surface area contributed by atoms with Crippen LogP contribution in [0.4, 0.5) is 0 Å². The highest BCUT2D eigenvalue weighted by molar-refractivity contribution is 5.97. The number of ketones is 1. The van der Waals surface area contributed by atoms with E-state index in [0.717, 1.165) is 31.3 Å². The molecule has 0 aromatic carbocycles. The molecule has 0 amide bonds. The van der Waals surface area contributed by atoms with Gasteiger partial charge >= 0.3 is 0 Å². The van der Waals surface area contributed by atoms with Crippen molar-refractivity contribution in [3.05, 3.63) is 11.1 Å². The van der Waals surface area contributed by atoms with Crippen molar-refractivity contribution in [2.45, 2.75) is 52.9 Å². The van der Waals surface area contributed by atoms with E-state index in [4.69, 9.17) is 0 Å². The standard InChI is InChI=1S/C12H20O/c1-4-5-6-11-10(3)7-9(2)8-12(11)13/h9H,4-8H2,1-3H3. The predicted octanol–water partition coefficient (Wildman–Crippen LogP) is 3.49. The maximum absolute atomic E-state index is 11.7. The Morgan fingerprint density at radius 3 is 2.62 bits per heavy atom. The number of carbonyl (C=O) groups excluding carboxylic acids is 1. The van der Waals surface area contributed by atoms with Crippen LogP contribution in [0.5, 0.6) is 0 Å². The van der Waals surface area contributed by atoms with E-state index < -0.39 is 0 Å². The van der Waals surface area contributed by atoms with E-state index in [-0.39, 0.29) is 0 Å². The van der Waals surface area contributed by atoms with Crippen molar-refractivity contribution in [3.63, 3.8) is 0 Å². The Hall–Kier alpha value is -0.590. The van der Waals surface area contributed by atoms with Gasteiger partial charge in [0, 0.05) is 6.42 Å². The first kappa shape index (κ1) is 10.5. The summed E-state index contributed by atoms with van der Waals surface area (Å²) in [6, 6.07) is 0. The third-order valence-electron chi connectivity index (χ3n) is 2.82. The van der Waals surface area contributed by atoms with E-state index in [1.165, 1.54) is 12.0 Å². The lowest BCUT2D eigenvalue weighted by Crippen LogP contribution is -2.16. The second-order valence-electron chi connectivity index (χ2n) is 4.30. The number of allylic oxidation sites excluding steroid dienone is 2. The summed E-state index contributed by atoms with van der Waals surface area (Å²) in [6.07, 6.45) is 5.25. The fraction of sp³-hybridized carbons (Fsp3) is 0.750. The van der Waals surface area contributed by atoms with Crippen LogP contribution in [0.15, 0.2) is 11.1 Å². The molecule has 74 valence electrons. The highest BCUT2D eigenvalue weighted by atomic mass is 16.1. The van der Waals surface area contributed by atoms with Crippen LogP contribution in [-0.2, 0) is 4.79 Å². The Bertz CT molecular complexity index is 225. The monoisotopic (exact) mass is 180 g/mol. The van der Waals surface area contributed by atoms with Gasteiger partial charge in [0.2, 0.25) is 0 Å². The molecule has 0 saturated carbocycles. The first-order valence-electron chi connectivity index (χ1n) is 5.37. The average Bonchev–Trinajstić information content (AvgIpc) is 2.02. The van der Waals surface area contributed by atoms with Gasteiger partial charge in [0.15, 0.2) is 5.78 Å². The van der Waals surface area contributed by atoms with Crippen molar-refractivity contribution in [1.82, 2.24) is 0 Å². The molecule has 1 nitrogen and oxygen atoms in total. The predicted molar refractivity (Wildman–Crippen MR) is 55.6 cm³/mol. The Morgan fingerprint density at radius 1 is 1.38 bits per heavy atom. The van der Waals surface area contributed by atoms with Gasteiger partial charge in [-0.3, -0.25) is 4.79 Å². The molecule has 13 heavy (non-hydrogen) atoms. The fourth-order valence-corrected chi connectivity index (χ4v) is 2.10. The third kappa shape index (κ3) is 2.68. The Kier molecular flexibility index (Phi) is 3.71. The van der Waals surface area contributed by atoms with E-state index in [1.54, 1.807) is 0 Å². The van der Waals surface area contributed by atoms with Crippen molar-refractivity contribution in [1.29, 1.82) is 0 Å². The highest BCUT2D eigenvalue weighted by Gasteiger charge is 2.21. The summed E-state index contributed by atoms with van der Waals surface area (Å²) in [5.74, 6) is 0.975. The largest absolute Gasteiger partial charge is 0.295 e. The summed E-state index contributed by atoms with van der Waals surface area (Å²) in [4.78, 5) is 11.7. The minimum Gasteiger partial charge on any atom is -0.295 e. The molecule has 0 saturated heterocycles. The van der Waals surface area contributed by atoms with Crippen LogP contribution >= 0.6 is 0 Å². The van der Waals surface area contributed by atoms with Crippen LogP contribution in [0.3, 0.4) is 0 Å². The lowest BCUT2D eigenvalue weighted by molar-refractivity contribution is -0.117. The lowest BCUT2D eigenvalue weighted by Gasteiger charge is -2.21. The molecule has 0 spiro atoms. The molecule has 0 bridgehead atoms. The molecule has 0 aromatic heterocycles. The molecule has 1 aliphatic rings. The molecule has 1 aliphatic carbocycles. The first-order valence-corrected chi connectivity index (χ1v) is 5.37.